The van der Waals surface area contributed by atoms with Gasteiger partial charge in [-0.15, -0.1) is 0 Å². The maximum atomic E-state index is 13.0. The van der Waals surface area contributed by atoms with Gasteiger partial charge in [-0.2, -0.15) is 8.42 Å². The third kappa shape index (κ3) is 3.72. The molecule has 0 fully saturated rings. The van der Waals surface area contributed by atoms with E-state index < -0.39 is 10.0 Å². The second-order valence-corrected chi connectivity index (χ2v) is 10.4. The number of aromatic nitrogens is 4. The molecule has 31 heavy (non-hydrogen) atoms. The first-order valence-corrected chi connectivity index (χ1v) is 12.0. The van der Waals surface area contributed by atoms with Gasteiger partial charge in [-0.1, -0.05) is 30.0 Å². The van der Waals surface area contributed by atoms with E-state index in [1.807, 2.05) is 30.7 Å². The molecule has 4 aromatic rings. The number of aliphatic imine (C=N–C) groups is 1. The first-order valence-electron chi connectivity index (χ1n) is 9.71. The average Bonchev–Trinajstić information content (AvgIpc) is 3.54. The van der Waals surface area contributed by atoms with Crippen molar-refractivity contribution >= 4 is 43.4 Å². The number of hydrogen-bond acceptors (Lipinski definition) is 6. The molecule has 0 spiro atoms. The number of sulfonamides is 1. The van der Waals surface area contributed by atoms with Crippen molar-refractivity contribution in [2.75, 3.05) is 17.9 Å². The zero-order valence-electron chi connectivity index (χ0n) is 16.7. The monoisotopic (exact) mass is 452 g/mol. The highest BCUT2D eigenvalue weighted by Gasteiger charge is 2.26. The number of hydrogen-bond donors (Lipinski definition) is 1. The van der Waals surface area contributed by atoms with Gasteiger partial charge in [-0.25, -0.2) is 9.97 Å². The molecular formula is C21H20N6O2S2. The lowest BCUT2D eigenvalue weighted by atomic mass is 10.2. The molecule has 0 aliphatic carbocycles. The number of thioether (sulfide) groups is 1. The smallest absolute Gasteiger partial charge is 0.281 e. The van der Waals surface area contributed by atoms with Gasteiger partial charge >= 0.3 is 0 Å². The summed E-state index contributed by atoms with van der Waals surface area (Å²) in [4.78, 5) is 16.2. The summed E-state index contributed by atoms with van der Waals surface area (Å²) >= 11 is 1.72. The third-order valence-electron chi connectivity index (χ3n) is 5.16. The molecule has 1 aromatic carbocycles. The Morgan fingerprint density at radius 3 is 2.90 bits per heavy atom. The zero-order chi connectivity index (χ0) is 21.4. The number of nitrogens with zero attached hydrogens (tertiary/aromatic N) is 5. The molecule has 1 aliphatic rings. The Hall–Kier alpha value is -3.11. The van der Waals surface area contributed by atoms with Crippen molar-refractivity contribution in [2.45, 2.75) is 16.8 Å². The van der Waals surface area contributed by atoms with Gasteiger partial charge in [0.2, 0.25) is 0 Å². The molecule has 1 unspecified atom stereocenters. The number of para-hydroxylation sites is 1. The van der Waals surface area contributed by atoms with Crippen LogP contribution < -0.4 is 4.31 Å². The molecule has 1 atom stereocenters. The van der Waals surface area contributed by atoms with Crippen LogP contribution in [0.1, 0.15) is 5.69 Å². The van der Waals surface area contributed by atoms with E-state index in [1.54, 1.807) is 43.2 Å². The largest absolute Gasteiger partial charge is 0.351 e. The van der Waals surface area contributed by atoms with Crippen LogP contribution in [0.3, 0.4) is 0 Å². The van der Waals surface area contributed by atoms with Gasteiger partial charge in [0.1, 0.15) is 5.04 Å². The van der Waals surface area contributed by atoms with Gasteiger partial charge in [0, 0.05) is 42.8 Å². The van der Waals surface area contributed by atoms with Crippen molar-refractivity contribution in [3.63, 3.8) is 0 Å². The Kier molecular flexibility index (Phi) is 5.03. The number of aromatic amines is 1. The Bertz CT molecular complexity index is 1350. The van der Waals surface area contributed by atoms with Crippen molar-refractivity contribution in [1.29, 1.82) is 0 Å². The van der Waals surface area contributed by atoms with Gasteiger partial charge in [-0.05, 0) is 24.3 Å². The summed E-state index contributed by atoms with van der Waals surface area (Å²) in [6.07, 6.45) is 7.01. The molecule has 4 heterocycles. The van der Waals surface area contributed by atoms with E-state index in [-0.39, 0.29) is 5.03 Å². The lowest BCUT2D eigenvalue weighted by Gasteiger charge is -2.19. The fraction of sp³-hybridized carbons (Fsp3) is 0.190. The number of fused-ring (bicyclic) bond motifs is 1. The number of benzene rings is 1. The zero-order valence-corrected chi connectivity index (χ0v) is 18.3. The first kappa shape index (κ1) is 19.8. The molecule has 1 aliphatic heterocycles. The normalized spacial score (nSPS) is 16.5. The van der Waals surface area contributed by atoms with E-state index in [0.717, 1.165) is 34.7 Å². The van der Waals surface area contributed by atoms with Crippen molar-refractivity contribution < 1.29 is 8.42 Å². The summed E-state index contributed by atoms with van der Waals surface area (Å²) in [5.74, 6) is 0. The summed E-state index contributed by atoms with van der Waals surface area (Å²) in [5, 5.41) is 2.21. The van der Waals surface area contributed by atoms with Crippen molar-refractivity contribution in [2.24, 2.45) is 4.99 Å². The standard InChI is InChI=1S/C21H20N6O2S2/c1-26(31(28,29)19-7-2-3-8-23-19)18-6-4-5-15-11-17(25-20(15)18)21-24-12-16(30-21)13-27-10-9-22-14-27/h2-11,14,16,25H,12-13H2,1H3. The van der Waals surface area contributed by atoms with Gasteiger partial charge in [0.15, 0.2) is 5.03 Å². The Morgan fingerprint density at radius 2 is 2.13 bits per heavy atom. The molecule has 5 rings (SSSR count). The number of anilines is 1. The summed E-state index contributed by atoms with van der Waals surface area (Å²) in [7, 11) is -2.23. The minimum atomic E-state index is -3.77. The fourth-order valence-corrected chi connectivity index (χ4v) is 5.81. The van der Waals surface area contributed by atoms with E-state index in [1.165, 1.54) is 16.6 Å². The molecule has 158 valence electrons. The van der Waals surface area contributed by atoms with E-state index in [9.17, 15) is 8.42 Å². The predicted molar refractivity (Wildman–Crippen MR) is 123 cm³/mol. The number of rotatable bonds is 6. The van der Waals surface area contributed by atoms with Crippen LogP contribution in [0.25, 0.3) is 10.9 Å². The van der Waals surface area contributed by atoms with Crippen molar-refractivity contribution in [3.8, 4) is 0 Å². The lowest BCUT2D eigenvalue weighted by molar-refractivity contribution is 0.590. The Balaban J connectivity index is 1.43. The average molecular weight is 453 g/mol. The van der Waals surface area contributed by atoms with E-state index in [2.05, 4.69) is 19.5 Å². The predicted octanol–water partition coefficient (Wildman–Crippen LogP) is 3.15. The molecule has 10 heteroatoms. The molecule has 0 saturated carbocycles. The van der Waals surface area contributed by atoms with E-state index in [0.29, 0.717) is 10.9 Å². The summed E-state index contributed by atoms with van der Waals surface area (Å²) in [5.41, 5.74) is 2.21. The molecule has 8 nitrogen and oxygen atoms in total. The van der Waals surface area contributed by atoms with Gasteiger partial charge < -0.3 is 9.55 Å². The SMILES string of the molecule is CN(c1cccc2cc(C3=NCC(Cn4ccnc4)S3)[nH]c12)S(=O)(=O)c1ccccn1. The topological polar surface area (TPSA) is 96.2 Å². The van der Waals surface area contributed by atoms with Crippen LogP contribution in [-0.2, 0) is 16.6 Å². The van der Waals surface area contributed by atoms with Gasteiger partial charge in [-0.3, -0.25) is 9.30 Å². The molecule has 0 radical (unpaired) electrons. The first-order chi connectivity index (χ1) is 15.0. The van der Waals surface area contributed by atoms with Crippen LogP contribution in [0.4, 0.5) is 5.69 Å². The summed E-state index contributed by atoms with van der Waals surface area (Å²) in [6.45, 7) is 1.57. The molecule has 0 bridgehead atoms. The summed E-state index contributed by atoms with van der Waals surface area (Å²) < 4.78 is 29.4. The second-order valence-electron chi connectivity index (χ2n) is 7.21. The minimum absolute atomic E-state index is 0.0133. The quantitative estimate of drug-likeness (QED) is 0.485. The number of H-pyrrole nitrogens is 1. The van der Waals surface area contributed by atoms with E-state index >= 15 is 0 Å². The highest BCUT2D eigenvalue weighted by Crippen LogP contribution is 2.33. The molecule has 1 N–H and O–H groups in total. The van der Waals surface area contributed by atoms with Gasteiger partial charge in [0.05, 0.1) is 29.8 Å². The van der Waals surface area contributed by atoms with Crippen LogP contribution in [0.15, 0.2) is 77.4 Å². The minimum Gasteiger partial charge on any atom is -0.351 e. The maximum Gasteiger partial charge on any atom is 0.281 e. The summed E-state index contributed by atoms with van der Waals surface area (Å²) in [6, 6.07) is 12.5. The highest BCUT2D eigenvalue weighted by atomic mass is 32.2. The number of nitrogens with one attached hydrogen (secondary N) is 1. The lowest BCUT2D eigenvalue weighted by Crippen LogP contribution is -2.27. The molecule has 0 saturated heterocycles. The molecular weight excluding hydrogens is 432 g/mol. The molecule has 0 amide bonds. The van der Waals surface area contributed by atoms with Crippen molar-refractivity contribution in [3.05, 3.63) is 73.1 Å². The highest BCUT2D eigenvalue weighted by molar-refractivity contribution is 8.15. The second kappa shape index (κ2) is 7.86. The Labute approximate surface area is 184 Å². The maximum absolute atomic E-state index is 13.0. The van der Waals surface area contributed by atoms with Crippen LogP contribution >= 0.6 is 11.8 Å². The van der Waals surface area contributed by atoms with Crippen LogP contribution in [0.2, 0.25) is 0 Å². The van der Waals surface area contributed by atoms with Crippen LogP contribution in [-0.4, -0.2) is 51.8 Å². The Morgan fingerprint density at radius 1 is 1.23 bits per heavy atom. The van der Waals surface area contributed by atoms with Gasteiger partial charge in [0.25, 0.3) is 10.0 Å². The fourth-order valence-electron chi connectivity index (χ4n) is 3.58. The third-order valence-corrected chi connectivity index (χ3v) is 8.05. The van der Waals surface area contributed by atoms with Crippen LogP contribution in [0, 0.1) is 0 Å². The molecule has 3 aromatic heterocycles. The number of pyridine rings is 1. The van der Waals surface area contributed by atoms with Crippen LogP contribution in [0.5, 0.6) is 0 Å². The number of imidazole rings is 1. The van der Waals surface area contributed by atoms with Crippen molar-refractivity contribution in [1.82, 2.24) is 19.5 Å². The van der Waals surface area contributed by atoms with E-state index in [4.69, 9.17) is 4.99 Å².